The van der Waals surface area contributed by atoms with E-state index in [2.05, 4.69) is 9.97 Å². The van der Waals surface area contributed by atoms with E-state index >= 15 is 0 Å². The van der Waals surface area contributed by atoms with E-state index in [1.54, 1.807) is 0 Å². The number of likely N-dealkylation sites (tertiary alicyclic amines) is 1. The minimum Gasteiger partial charge on any atom is -0.472 e. The Kier molecular flexibility index (Phi) is 4.55. The van der Waals surface area contributed by atoms with E-state index in [0.717, 1.165) is 30.6 Å². The number of benzene rings is 1. The van der Waals surface area contributed by atoms with E-state index in [-0.39, 0.29) is 12.0 Å². The quantitative estimate of drug-likeness (QED) is 0.874. The molecule has 0 saturated carbocycles. The van der Waals surface area contributed by atoms with E-state index in [1.165, 1.54) is 0 Å². The van der Waals surface area contributed by atoms with Crippen molar-refractivity contribution >= 4 is 5.91 Å². The van der Waals surface area contributed by atoms with Crippen LogP contribution in [-0.2, 0) is 0 Å². The number of ether oxygens (including phenoxy) is 1. The molecular weight excluding hydrogens is 290 g/mol. The van der Waals surface area contributed by atoms with Gasteiger partial charge in [-0.3, -0.25) is 4.79 Å². The zero-order valence-electron chi connectivity index (χ0n) is 13.5. The molecule has 1 saturated heterocycles. The molecule has 2 heterocycles. The summed E-state index contributed by atoms with van der Waals surface area (Å²) in [5.74, 6) is 1.36. The predicted molar refractivity (Wildman–Crippen MR) is 87.5 cm³/mol. The molecule has 0 spiro atoms. The van der Waals surface area contributed by atoms with Gasteiger partial charge in [-0.05, 0) is 38.8 Å². The van der Waals surface area contributed by atoms with Crippen molar-refractivity contribution in [3.63, 3.8) is 0 Å². The van der Waals surface area contributed by atoms with Crippen LogP contribution in [0.25, 0.3) is 0 Å². The number of amides is 1. The van der Waals surface area contributed by atoms with E-state index in [0.29, 0.717) is 18.2 Å². The van der Waals surface area contributed by atoms with Gasteiger partial charge >= 0.3 is 0 Å². The summed E-state index contributed by atoms with van der Waals surface area (Å²) in [5, 5.41) is 0. The molecule has 23 heavy (non-hydrogen) atoms. The second kappa shape index (κ2) is 6.77. The van der Waals surface area contributed by atoms with Gasteiger partial charge in [0.15, 0.2) is 0 Å². The third-order valence-electron chi connectivity index (χ3n) is 3.92. The molecule has 3 rings (SSSR count). The van der Waals surface area contributed by atoms with Crippen molar-refractivity contribution in [3.05, 3.63) is 53.5 Å². The molecule has 1 aromatic carbocycles. The molecule has 0 bridgehead atoms. The van der Waals surface area contributed by atoms with Gasteiger partial charge in [0.2, 0.25) is 5.88 Å². The van der Waals surface area contributed by atoms with Crippen LogP contribution >= 0.6 is 0 Å². The van der Waals surface area contributed by atoms with Crippen LogP contribution in [0, 0.1) is 13.8 Å². The van der Waals surface area contributed by atoms with Gasteiger partial charge in [-0.2, -0.15) is 4.98 Å². The lowest BCUT2D eigenvalue weighted by molar-refractivity contribution is 0.0527. The SMILES string of the molecule is Cc1cc(OC2CCCN(C(=O)c3ccccc3)C2)nc(C)n1. The van der Waals surface area contributed by atoms with Gasteiger partial charge in [-0.25, -0.2) is 4.98 Å². The van der Waals surface area contributed by atoms with Gasteiger partial charge in [-0.15, -0.1) is 0 Å². The Bertz CT molecular complexity index is 668. The minimum absolute atomic E-state index is 0.0230. The summed E-state index contributed by atoms with van der Waals surface area (Å²) < 4.78 is 5.99. The van der Waals surface area contributed by atoms with E-state index in [4.69, 9.17) is 4.74 Å². The summed E-state index contributed by atoms with van der Waals surface area (Å²) >= 11 is 0. The fourth-order valence-electron chi connectivity index (χ4n) is 2.90. The zero-order valence-corrected chi connectivity index (χ0v) is 13.5. The van der Waals surface area contributed by atoms with Crippen LogP contribution in [0.1, 0.15) is 34.7 Å². The van der Waals surface area contributed by atoms with Crippen LogP contribution in [0.15, 0.2) is 36.4 Å². The third-order valence-corrected chi connectivity index (χ3v) is 3.92. The van der Waals surface area contributed by atoms with Crippen molar-refractivity contribution in [3.8, 4) is 5.88 Å². The molecule has 1 fully saturated rings. The first-order chi connectivity index (χ1) is 11.1. The maximum Gasteiger partial charge on any atom is 0.253 e. The fourth-order valence-corrected chi connectivity index (χ4v) is 2.90. The highest BCUT2D eigenvalue weighted by Gasteiger charge is 2.26. The lowest BCUT2D eigenvalue weighted by Crippen LogP contribution is -2.44. The van der Waals surface area contributed by atoms with E-state index in [1.807, 2.05) is 55.1 Å². The Morgan fingerprint density at radius 1 is 1.22 bits per heavy atom. The highest BCUT2D eigenvalue weighted by molar-refractivity contribution is 5.94. The highest BCUT2D eigenvalue weighted by Crippen LogP contribution is 2.19. The summed E-state index contributed by atoms with van der Waals surface area (Å²) in [7, 11) is 0. The Labute approximate surface area is 136 Å². The summed E-state index contributed by atoms with van der Waals surface area (Å²) in [5.41, 5.74) is 1.61. The number of hydrogen-bond donors (Lipinski definition) is 0. The van der Waals surface area contributed by atoms with E-state index < -0.39 is 0 Å². The van der Waals surface area contributed by atoms with Crippen LogP contribution < -0.4 is 4.74 Å². The molecule has 1 aliphatic heterocycles. The molecule has 0 N–H and O–H groups in total. The molecule has 5 nitrogen and oxygen atoms in total. The smallest absolute Gasteiger partial charge is 0.253 e. The summed E-state index contributed by atoms with van der Waals surface area (Å²) in [6, 6.07) is 11.2. The summed E-state index contributed by atoms with van der Waals surface area (Å²) in [6.45, 7) is 5.14. The van der Waals surface area contributed by atoms with Gasteiger partial charge in [0.05, 0.1) is 6.54 Å². The maximum absolute atomic E-state index is 12.6. The Balaban J connectivity index is 1.67. The highest BCUT2D eigenvalue weighted by atomic mass is 16.5. The lowest BCUT2D eigenvalue weighted by Gasteiger charge is -2.32. The Hall–Kier alpha value is -2.43. The average molecular weight is 311 g/mol. The molecule has 5 heteroatoms. The number of aromatic nitrogens is 2. The largest absolute Gasteiger partial charge is 0.472 e. The van der Waals surface area contributed by atoms with Gasteiger partial charge in [-0.1, -0.05) is 18.2 Å². The molecule has 1 aliphatic rings. The topological polar surface area (TPSA) is 55.3 Å². The summed E-state index contributed by atoms with van der Waals surface area (Å²) in [4.78, 5) is 23.0. The second-order valence-electron chi connectivity index (χ2n) is 5.89. The first-order valence-electron chi connectivity index (χ1n) is 7.95. The van der Waals surface area contributed by atoms with Crippen LogP contribution in [0.3, 0.4) is 0 Å². The van der Waals surface area contributed by atoms with Crippen LogP contribution in [0.2, 0.25) is 0 Å². The molecular formula is C18H21N3O2. The Morgan fingerprint density at radius 2 is 2.00 bits per heavy atom. The van der Waals surface area contributed by atoms with Crippen LogP contribution in [0.5, 0.6) is 5.88 Å². The number of nitrogens with zero attached hydrogens (tertiary/aromatic N) is 3. The minimum atomic E-state index is -0.0230. The zero-order chi connectivity index (χ0) is 16.2. The number of carbonyl (C=O) groups excluding carboxylic acids is 1. The van der Waals surface area contributed by atoms with Crippen LogP contribution in [0.4, 0.5) is 0 Å². The number of hydrogen-bond acceptors (Lipinski definition) is 4. The van der Waals surface area contributed by atoms with Crippen molar-refractivity contribution in [2.24, 2.45) is 0 Å². The molecule has 1 aromatic heterocycles. The normalized spacial score (nSPS) is 17.8. The standard InChI is InChI=1S/C18H21N3O2/c1-13-11-17(20-14(2)19-13)23-16-9-6-10-21(12-16)18(22)15-7-4-3-5-8-15/h3-5,7-8,11,16H,6,9-10,12H2,1-2H3. The molecule has 0 aliphatic carbocycles. The van der Waals surface area contributed by atoms with Crippen molar-refractivity contribution in [1.82, 2.24) is 14.9 Å². The Morgan fingerprint density at radius 3 is 2.74 bits per heavy atom. The predicted octanol–water partition coefficient (Wildman–Crippen LogP) is 2.78. The van der Waals surface area contributed by atoms with Crippen molar-refractivity contribution in [2.75, 3.05) is 13.1 Å². The monoisotopic (exact) mass is 311 g/mol. The van der Waals surface area contributed by atoms with Crippen molar-refractivity contribution < 1.29 is 9.53 Å². The van der Waals surface area contributed by atoms with Crippen molar-refractivity contribution in [1.29, 1.82) is 0 Å². The maximum atomic E-state index is 12.6. The molecule has 1 atom stereocenters. The van der Waals surface area contributed by atoms with E-state index in [9.17, 15) is 4.79 Å². The number of aryl methyl sites for hydroxylation is 2. The van der Waals surface area contributed by atoms with Gasteiger partial charge in [0.1, 0.15) is 11.9 Å². The van der Waals surface area contributed by atoms with Gasteiger partial charge in [0, 0.05) is 23.9 Å². The summed E-state index contributed by atoms with van der Waals surface area (Å²) in [6.07, 6.45) is 1.84. The average Bonchev–Trinajstić information content (AvgIpc) is 2.54. The molecule has 0 radical (unpaired) electrons. The first kappa shape index (κ1) is 15.5. The number of carbonyl (C=O) groups is 1. The number of piperidine rings is 1. The first-order valence-corrected chi connectivity index (χ1v) is 7.95. The molecule has 1 amide bonds. The third kappa shape index (κ3) is 3.86. The second-order valence-corrected chi connectivity index (χ2v) is 5.89. The van der Waals surface area contributed by atoms with Crippen molar-refractivity contribution in [2.45, 2.75) is 32.8 Å². The molecule has 1 unspecified atom stereocenters. The number of rotatable bonds is 3. The fraction of sp³-hybridized carbons (Fsp3) is 0.389. The van der Waals surface area contributed by atoms with Gasteiger partial charge in [0.25, 0.3) is 5.91 Å². The van der Waals surface area contributed by atoms with Crippen LogP contribution in [-0.4, -0.2) is 40.0 Å². The molecule has 120 valence electrons. The molecule has 2 aromatic rings. The van der Waals surface area contributed by atoms with Gasteiger partial charge < -0.3 is 9.64 Å². The lowest BCUT2D eigenvalue weighted by atomic mass is 10.1.